The molecule has 1 rings (SSSR count). The van der Waals surface area contributed by atoms with Gasteiger partial charge in [0.2, 0.25) is 0 Å². The van der Waals surface area contributed by atoms with E-state index >= 15 is 0 Å². The molecule has 18 heavy (non-hydrogen) atoms. The topological polar surface area (TPSA) is 35.8 Å². The lowest BCUT2D eigenvalue weighted by Gasteiger charge is -2.19. The third-order valence-corrected chi connectivity index (χ3v) is 2.62. The van der Waals surface area contributed by atoms with Gasteiger partial charge in [-0.15, -0.1) is 0 Å². The van der Waals surface area contributed by atoms with Gasteiger partial charge >= 0.3 is 6.18 Å². The van der Waals surface area contributed by atoms with Gasteiger partial charge in [0, 0.05) is 12.5 Å². The second-order valence-corrected chi connectivity index (χ2v) is 4.13. The number of nitrogens with zero attached hydrogens (tertiary/aromatic N) is 1. The van der Waals surface area contributed by atoms with E-state index in [0.29, 0.717) is 0 Å². The third kappa shape index (κ3) is 5.19. The number of halogens is 3. The SMILES string of the molecule is C[C@@H](NC(C#N)CCC(F)(F)F)c1ccccc1. The lowest BCUT2D eigenvalue weighted by molar-refractivity contribution is -0.136. The smallest absolute Gasteiger partial charge is 0.295 e. The Morgan fingerprint density at radius 1 is 1.28 bits per heavy atom. The fourth-order valence-electron chi connectivity index (χ4n) is 1.63. The van der Waals surface area contributed by atoms with Crippen molar-refractivity contribution in [2.24, 2.45) is 0 Å². The van der Waals surface area contributed by atoms with E-state index in [-0.39, 0.29) is 12.5 Å². The summed E-state index contributed by atoms with van der Waals surface area (Å²) >= 11 is 0. The molecule has 0 radical (unpaired) electrons. The van der Waals surface area contributed by atoms with Crippen molar-refractivity contribution in [3.63, 3.8) is 0 Å². The molecule has 2 atom stereocenters. The largest absolute Gasteiger partial charge is 0.389 e. The molecule has 2 nitrogen and oxygen atoms in total. The minimum atomic E-state index is -4.22. The minimum absolute atomic E-state index is 0.149. The van der Waals surface area contributed by atoms with E-state index in [4.69, 9.17) is 5.26 Å². The molecule has 98 valence electrons. The van der Waals surface area contributed by atoms with Gasteiger partial charge in [-0.25, -0.2) is 0 Å². The van der Waals surface area contributed by atoms with Crippen LogP contribution in [0.5, 0.6) is 0 Å². The van der Waals surface area contributed by atoms with Gasteiger partial charge in [0.1, 0.15) is 0 Å². The summed E-state index contributed by atoms with van der Waals surface area (Å²) < 4.78 is 36.2. The van der Waals surface area contributed by atoms with E-state index < -0.39 is 18.6 Å². The Balaban J connectivity index is 2.51. The standard InChI is InChI=1S/C13H15F3N2/c1-10(11-5-3-2-4-6-11)18-12(9-17)7-8-13(14,15)16/h2-6,10,12,18H,7-8H2,1H3/t10-,12?/m1/s1. The maximum absolute atomic E-state index is 12.1. The summed E-state index contributed by atoms with van der Waals surface area (Å²) in [6.07, 6.45) is -5.39. The molecule has 0 bridgehead atoms. The molecule has 0 heterocycles. The van der Waals surface area contributed by atoms with Crippen molar-refractivity contribution >= 4 is 0 Å². The van der Waals surface area contributed by atoms with Crippen LogP contribution >= 0.6 is 0 Å². The molecule has 0 saturated carbocycles. The Morgan fingerprint density at radius 2 is 1.89 bits per heavy atom. The average molecular weight is 256 g/mol. The Kier molecular flexibility index (Phi) is 5.17. The van der Waals surface area contributed by atoms with Gasteiger partial charge in [-0.1, -0.05) is 30.3 Å². The normalized spacial score (nSPS) is 14.8. The van der Waals surface area contributed by atoms with Crippen LogP contribution in [0.2, 0.25) is 0 Å². The van der Waals surface area contributed by atoms with Gasteiger partial charge in [0.15, 0.2) is 0 Å². The first kappa shape index (κ1) is 14.5. The number of hydrogen-bond donors (Lipinski definition) is 1. The Bertz CT molecular complexity index is 395. The van der Waals surface area contributed by atoms with Gasteiger partial charge in [-0.2, -0.15) is 18.4 Å². The van der Waals surface area contributed by atoms with E-state index in [2.05, 4.69) is 5.32 Å². The first-order valence-electron chi connectivity index (χ1n) is 5.70. The number of nitrogens with one attached hydrogen (secondary N) is 1. The van der Waals surface area contributed by atoms with Gasteiger partial charge in [0.25, 0.3) is 0 Å². The molecular formula is C13H15F3N2. The summed E-state index contributed by atoms with van der Waals surface area (Å²) in [6, 6.07) is 10.2. The zero-order valence-corrected chi connectivity index (χ0v) is 10.0. The van der Waals surface area contributed by atoms with Crippen molar-refractivity contribution in [3.05, 3.63) is 35.9 Å². The summed E-state index contributed by atoms with van der Waals surface area (Å²) in [5, 5.41) is 11.7. The molecule has 0 aliphatic heterocycles. The molecule has 1 unspecified atom stereocenters. The molecule has 5 heteroatoms. The molecule has 0 aliphatic rings. The lowest BCUT2D eigenvalue weighted by Crippen LogP contribution is -2.31. The second kappa shape index (κ2) is 6.41. The highest BCUT2D eigenvalue weighted by Crippen LogP contribution is 2.23. The molecule has 0 saturated heterocycles. The summed E-state index contributed by atoms with van der Waals surface area (Å²) in [6.45, 7) is 1.83. The third-order valence-electron chi connectivity index (χ3n) is 2.62. The van der Waals surface area contributed by atoms with E-state index in [1.165, 1.54) is 0 Å². The first-order valence-corrected chi connectivity index (χ1v) is 5.70. The quantitative estimate of drug-likeness (QED) is 0.874. The van der Waals surface area contributed by atoms with Crippen molar-refractivity contribution in [2.75, 3.05) is 0 Å². The number of rotatable bonds is 5. The predicted molar refractivity (Wildman–Crippen MR) is 62.7 cm³/mol. The Labute approximate surface area is 104 Å². The fourth-order valence-corrected chi connectivity index (χ4v) is 1.63. The summed E-state index contributed by atoms with van der Waals surface area (Å²) in [5.41, 5.74) is 0.949. The molecule has 1 N–H and O–H groups in total. The maximum Gasteiger partial charge on any atom is 0.389 e. The predicted octanol–water partition coefficient (Wildman–Crippen LogP) is 3.57. The zero-order chi connectivity index (χ0) is 13.6. The first-order chi connectivity index (χ1) is 8.42. The summed E-state index contributed by atoms with van der Waals surface area (Å²) in [7, 11) is 0. The molecule has 0 aliphatic carbocycles. The zero-order valence-electron chi connectivity index (χ0n) is 10.0. The van der Waals surface area contributed by atoms with Crippen LogP contribution in [-0.2, 0) is 0 Å². The lowest BCUT2D eigenvalue weighted by atomic mass is 10.1. The van der Waals surface area contributed by atoms with Crippen molar-refractivity contribution in [3.8, 4) is 6.07 Å². The molecule has 0 aromatic heterocycles. The summed E-state index contributed by atoms with van der Waals surface area (Å²) in [5.74, 6) is 0. The highest BCUT2D eigenvalue weighted by Gasteiger charge is 2.28. The van der Waals surface area contributed by atoms with Gasteiger partial charge in [0.05, 0.1) is 12.1 Å². The number of nitriles is 1. The molecule has 0 fully saturated rings. The van der Waals surface area contributed by atoms with Crippen LogP contribution in [0.25, 0.3) is 0 Å². The molecule has 1 aromatic carbocycles. The van der Waals surface area contributed by atoms with E-state index in [1.54, 1.807) is 0 Å². The number of benzene rings is 1. The van der Waals surface area contributed by atoms with Crippen LogP contribution in [0.4, 0.5) is 13.2 Å². The number of alkyl halides is 3. The fraction of sp³-hybridized carbons (Fsp3) is 0.462. The van der Waals surface area contributed by atoms with Gasteiger partial charge in [-0.3, -0.25) is 5.32 Å². The van der Waals surface area contributed by atoms with Crippen molar-refractivity contribution < 1.29 is 13.2 Å². The monoisotopic (exact) mass is 256 g/mol. The number of hydrogen-bond acceptors (Lipinski definition) is 2. The summed E-state index contributed by atoms with van der Waals surface area (Å²) in [4.78, 5) is 0. The van der Waals surface area contributed by atoms with Gasteiger partial charge in [-0.05, 0) is 18.9 Å². The molecule has 0 spiro atoms. The van der Waals surface area contributed by atoms with E-state index in [9.17, 15) is 13.2 Å². The average Bonchev–Trinajstić information content (AvgIpc) is 2.34. The maximum atomic E-state index is 12.1. The molecule has 0 amide bonds. The van der Waals surface area contributed by atoms with E-state index in [1.807, 2.05) is 43.3 Å². The highest BCUT2D eigenvalue weighted by molar-refractivity contribution is 5.18. The Morgan fingerprint density at radius 3 is 2.39 bits per heavy atom. The van der Waals surface area contributed by atoms with Crippen LogP contribution in [0.1, 0.15) is 31.4 Å². The second-order valence-electron chi connectivity index (χ2n) is 4.13. The van der Waals surface area contributed by atoms with Gasteiger partial charge < -0.3 is 0 Å². The highest BCUT2D eigenvalue weighted by atomic mass is 19.4. The van der Waals surface area contributed by atoms with Crippen molar-refractivity contribution in [1.29, 1.82) is 5.26 Å². The minimum Gasteiger partial charge on any atom is -0.295 e. The molecular weight excluding hydrogens is 241 g/mol. The van der Waals surface area contributed by atoms with Crippen LogP contribution in [0.15, 0.2) is 30.3 Å². The molecule has 1 aromatic rings. The van der Waals surface area contributed by atoms with Crippen LogP contribution in [0, 0.1) is 11.3 Å². The van der Waals surface area contributed by atoms with Crippen LogP contribution in [0.3, 0.4) is 0 Å². The van der Waals surface area contributed by atoms with E-state index in [0.717, 1.165) is 5.56 Å². The van der Waals surface area contributed by atoms with Crippen LogP contribution < -0.4 is 5.32 Å². The van der Waals surface area contributed by atoms with Crippen molar-refractivity contribution in [2.45, 2.75) is 38.0 Å². The van der Waals surface area contributed by atoms with Crippen molar-refractivity contribution in [1.82, 2.24) is 5.32 Å². The van der Waals surface area contributed by atoms with Crippen LogP contribution in [-0.4, -0.2) is 12.2 Å². The Hall–Kier alpha value is -1.54.